The van der Waals surface area contributed by atoms with Gasteiger partial charge in [0.2, 0.25) is 0 Å². The molecule has 0 fully saturated rings. The predicted molar refractivity (Wildman–Crippen MR) is 109 cm³/mol. The number of ether oxygens (including phenoxy) is 1. The number of benzene rings is 3. The largest absolute Gasteiger partial charge is 0.497 e. The van der Waals surface area contributed by atoms with Crippen LogP contribution in [0, 0.1) is 0 Å². The average molecular weight is 402 g/mol. The summed E-state index contributed by atoms with van der Waals surface area (Å²) in [4.78, 5) is 0.222. The molecule has 0 amide bonds. The Kier molecular flexibility index (Phi) is 5.73. The summed E-state index contributed by atoms with van der Waals surface area (Å²) >= 11 is 6.14. The SMILES string of the molecule is COc1cccc([C@@H](C)N(c2cccc(Cl)c2)S(=O)(=O)c2ccccc2)c1. The lowest BCUT2D eigenvalue weighted by Gasteiger charge is -2.31. The van der Waals surface area contributed by atoms with Gasteiger partial charge in [0.05, 0.1) is 23.7 Å². The first kappa shape index (κ1) is 19.3. The maximum atomic E-state index is 13.5. The van der Waals surface area contributed by atoms with Crippen molar-refractivity contribution in [3.63, 3.8) is 0 Å². The van der Waals surface area contributed by atoms with Gasteiger partial charge in [0.25, 0.3) is 10.0 Å². The molecule has 0 spiro atoms. The van der Waals surface area contributed by atoms with Crippen molar-refractivity contribution in [1.82, 2.24) is 0 Å². The Hall–Kier alpha value is -2.50. The van der Waals surface area contributed by atoms with Crippen molar-refractivity contribution in [1.29, 1.82) is 0 Å². The second kappa shape index (κ2) is 8.03. The zero-order chi connectivity index (χ0) is 19.4. The number of anilines is 1. The van der Waals surface area contributed by atoms with Gasteiger partial charge in [-0.1, -0.05) is 48.0 Å². The quantitative estimate of drug-likeness (QED) is 0.562. The van der Waals surface area contributed by atoms with Gasteiger partial charge in [-0.25, -0.2) is 8.42 Å². The Morgan fingerprint density at radius 1 is 0.926 bits per heavy atom. The smallest absolute Gasteiger partial charge is 0.264 e. The molecule has 0 aliphatic carbocycles. The molecule has 0 aromatic heterocycles. The third-order valence-corrected chi connectivity index (χ3v) is 6.44. The van der Waals surface area contributed by atoms with Gasteiger partial charge in [0, 0.05) is 5.02 Å². The van der Waals surface area contributed by atoms with Gasteiger partial charge in [-0.05, 0) is 55.0 Å². The summed E-state index contributed by atoms with van der Waals surface area (Å²) in [5, 5.41) is 0.471. The maximum Gasteiger partial charge on any atom is 0.264 e. The van der Waals surface area contributed by atoms with E-state index >= 15 is 0 Å². The van der Waals surface area contributed by atoms with E-state index in [0.29, 0.717) is 16.5 Å². The summed E-state index contributed by atoms with van der Waals surface area (Å²) in [6, 6.07) is 22.1. The molecule has 27 heavy (non-hydrogen) atoms. The van der Waals surface area contributed by atoms with Crippen molar-refractivity contribution in [3.8, 4) is 5.75 Å². The lowest BCUT2D eigenvalue weighted by Crippen LogP contribution is -2.33. The van der Waals surface area contributed by atoms with Gasteiger partial charge in [-0.15, -0.1) is 0 Å². The third kappa shape index (κ3) is 4.10. The Morgan fingerprint density at radius 3 is 2.30 bits per heavy atom. The van der Waals surface area contributed by atoms with Crippen LogP contribution in [-0.4, -0.2) is 15.5 Å². The number of methoxy groups -OCH3 is 1. The number of halogens is 1. The van der Waals surface area contributed by atoms with E-state index in [2.05, 4.69) is 0 Å². The molecule has 0 aliphatic heterocycles. The normalized spacial score (nSPS) is 12.4. The minimum Gasteiger partial charge on any atom is -0.497 e. The minimum atomic E-state index is -3.80. The van der Waals surface area contributed by atoms with Crippen molar-refractivity contribution >= 4 is 27.3 Å². The maximum absolute atomic E-state index is 13.5. The van der Waals surface area contributed by atoms with Crippen LogP contribution in [0.3, 0.4) is 0 Å². The van der Waals surface area contributed by atoms with E-state index < -0.39 is 16.1 Å². The minimum absolute atomic E-state index is 0.222. The zero-order valence-electron chi connectivity index (χ0n) is 15.0. The molecule has 0 heterocycles. The molecular formula is C21H20ClNO3S. The fraction of sp³-hybridized carbons (Fsp3) is 0.143. The van der Waals surface area contributed by atoms with Crippen molar-refractivity contribution in [3.05, 3.63) is 89.4 Å². The molecule has 0 saturated heterocycles. The average Bonchev–Trinajstić information content (AvgIpc) is 2.68. The summed E-state index contributed by atoms with van der Waals surface area (Å²) in [5.41, 5.74) is 1.32. The topological polar surface area (TPSA) is 46.6 Å². The van der Waals surface area contributed by atoms with Gasteiger partial charge in [-0.3, -0.25) is 4.31 Å². The highest BCUT2D eigenvalue weighted by molar-refractivity contribution is 7.92. The zero-order valence-corrected chi connectivity index (χ0v) is 16.6. The van der Waals surface area contributed by atoms with Crippen LogP contribution in [0.5, 0.6) is 5.75 Å². The van der Waals surface area contributed by atoms with Crippen molar-refractivity contribution < 1.29 is 13.2 Å². The van der Waals surface area contributed by atoms with Crippen molar-refractivity contribution in [2.75, 3.05) is 11.4 Å². The van der Waals surface area contributed by atoms with Gasteiger partial charge >= 0.3 is 0 Å². The molecule has 0 unspecified atom stereocenters. The van der Waals surface area contributed by atoms with Crippen LogP contribution >= 0.6 is 11.6 Å². The van der Waals surface area contributed by atoms with Gasteiger partial charge < -0.3 is 4.74 Å². The summed E-state index contributed by atoms with van der Waals surface area (Å²) in [6.07, 6.45) is 0. The molecule has 0 N–H and O–H groups in total. The van der Waals surface area contributed by atoms with Crippen LogP contribution in [0.2, 0.25) is 5.02 Å². The van der Waals surface area contributed by atoms with E-state index in [1.165, 1.54) is 4.31 Å². The van der Waals surface area contributed by atoms with Crippen molar-refractivity contribution in [2.45, 2.75) is 17.9 Å². The summed E-state index contributed by atoms with van der Waals surface area (Å²) in [7, 11) is -2.22. The third-order valence-electron chi connectivity index (χ3n) is 4.29. The highest BCUT2D eigenvalue weighted by Gasteiger charge is 2.30. The van der Waals surface area contributed by atoms with E-state index in [0.717, 1.165) is 5.56 Å². The molecule has 0 radical (unpaired) electrons. The van der Waals surface area contributed by atoms with Crippen LogP contribution in [0.4, 0.5) is 5.69 Å². The first-order chi connectivity index (χ1) is 12.9. The predicted octanol–water partition coefficient (Wildman–Crippen LogP) is 5.31. The number of rotatable bonds is 6. The standard InChI is InChI=1S/C21H20ClNO3S/c1-16(17-8-6-11-20(14-17)26-2)23(19-10-7-9-18(22)15-19)27(24,25)21-12-4-3-5-13-21/h3-16H,1-2H3/t16-/m1/s1. The molecule has 0 bridgehead atoms. The van der Waals surface area contributed by atoms with Gasteiger partial charge in [0.15, 0.2) is 0 Å². The first-order valence-corrected chi connectivity index (χ1v) is 10.2. The van der Waals surface area contributed by atoms with E-state index in [1.54, 1.807) is 61.7 Å². The van der Waals surface area contributed by atoms with E-state index in [4.69, 9.17) is 16.3 Å². The summed E-state index contributed by atoms with van der Waals surface area (Å²) in [5.74, 6) is 0.669. The highest BCUT2D eigenvalue weighted by atomic mass is 35.5. The molecular weight excluding hydrogens is 382 g/mol. The number of nitrogens with zero attached hydrogens (tertiary/aromatic N) is 1. The lowest BCUT2D eigenvalue weighted by molar-refractivity contribution is 0.414. The molecule has 3 rings (SSSR count). The number of sulfonamides is 1. The summed E-state index contributed by atoms with van der Waals surface area (Å²) < 4.78 is 33.6. The number of hydrogen-bond acceptors (Lipinski definition) is 3. The van der Waals surface area contributed by atoms with E-state index in [9.17, 15) is 8.42 Å². The van der Waals surface area contributed by atoms with Crippen LogP contribution in [-0.2, 0) is 10.0 Å². The summed E-state index contributed by atoms with van der Waals surface area (Å²) in [6.45, 7) is 1.84. The first-order valence-electron chi connectivity index (χ1n) is 8.42. The highest BCUT2D eigenvalue weighted by Crippen LogP contribution is 2.35. The second-order valence-electron chi connectivity index (χ2n) is 6.05. The molecule has 140 valence electrons. The Balaban J connectivity index is 2.16. The molecule has 0 aliphatic rings. The molecule has 4 nitrogen and oxygen atoms in total. The molecule has 3 aromatic rings. The van der Waals surface area contributed by atoms with Crippen molar-refractivity contribution in [2.24, 2.45) is 0 Å². The Bertz CT molecular complexity index is 1020. The molecule has 0 saturated carbocycles. The van der Waals surface area contributed by atoms with Crippen LogP contribution < -0.4 is 9.04 Å². The van der Waals surface area contributed by atoms with Gasteiger partial charge in [-0.2, -0.15) is 0 Å². The fourth-order valence-corrected chi connectivity index (χ4v) is 4.77. The molecule has 3 aromatic carbocycles. The fourth-order valence-electron chi connectivity index (χ4n) is 2.93. The molecule has 1 atom stereocenters. The second-order valence-corrected chi connectivity index (χ2v) is 8.30. The van der Waals surface area contributed by atoms with E-state index in [-0.39, 0.29) is 4.90 Å². The lowest BCUT2D eigenvalue weighted by atomic mass is 10.1. The monoisotopic (exact) mass is 401 g/mol. The van der Waals surface area contributed by atoms with Crippen LogP contribution in [0.1, 0.15) is 18.5 Å². The van der Waals surface area contributed by atoms with Crippen LogP contribution in [0.15, 0.2) is 83.8 Å². The molecule has 6 heteroatoms. The van der Waals surface area contributed by atoms with Gasteiger partial charge in [0.1, 0.15) is 5.75 Å². The Morgan fingerprint density at radius 2 is 1.63 bits per heavy atom. The van der Waals surface area contributed by atoms with Crippen LogP contribution in [0.25, 0.3) is 0 Å². The Labute approximate surface area is 165 Å². The van der Waals surface area contributed by atoms with E-state index in [1.807, 2.05) is 31.2 Å². The number of hydrogen-bond donors (Lipinski definition) is 0.